The minimum Gasteiger partial charge on any atom is -0.483 e. The Morgan fingerprint density at radius 1 is 1.15 bits per heavy atom. The standard InChI is InChI=1S/C21H21N3O2/c1-15-12-19(17-7-3-4-8-18(17)23-15)22-10-11-24-13-16-6-2-5-9-20(16)26-14-21(24)25/h2-9,12H,10-11,13-14H2,1H3,(H,22,23). The molecule has 5 nitrogen and oxygen atoms in total. The van der Waals surface area contributed by atoms with Crippen LogP contribution in [0.5, 0.6) is 5.75 Å². The van der Waals surface area contributed by atoms with Gasteiger partial charge in [0.1, 0.15) is 5.75 Å². The first-order valence-electron chi connectivity index (χ1n) is 8.79. The SMILES string of the molecule is Cc1cc(NCCN2Cc3ccccc3OCC2=O)c2ccccc2n1. The molecule has 4 rings (SSSR count). The number of rotatable bonds is 4. The van der Waals surface area contributed by atoms with Crippen molar-refractivity contribution in [3.05, 3.63) is 65.9 Å². The lowest BCUT2D eigenvalue weighted by Gasteiger charge is -2.21. The summed E-state index contributed by atoms with van der Waals surface area (Å²) in [6, 6.07) is 17.9. The zero-order chi connectivity index (χ0) is 17.9. The molecular formula is C21H21N3O2. The number of carbonyl (C=O) groups excluding carboxylic acids is 1. The molecule has 1 aliphatic heterocycles. The Bertz CT molecular complexity index is 955. The third-order valence-electron chi connectivity index (χ3n) is 4.58. The van der Waals surface area contributed by atoms with Gasteiger partial charge in [0.15, 0.2) is 6.61 Å². The van der Waals surface area contributed by atoms with Gasteiger partial charge in [0, 0.05) is 42.0 Å². The number of ether oxygens (including phenoxy) is 1. The maximum Gasteiger partial charge on any atom is 0.260 e. The number of hydrogen-bond acceptors (Lipinski definition) is 4. The topological polar surface area (TPSA) is 54.5 Å². The average Bonchev–Trinajstić information content (AvgIpc) is 2.81. The number of nitrogens with zero attached hydrogens (tertiary/aromatic N) is 2. The van der Waals surface area contributed by atoms with Crippen molar-refractivity contribution in [2.45, 2.75) is 13.5 Å². The van der Waals surface area contributed by atoms with Crippen LogP contribution in [-0.4, -0.2) is 35.5 Å². The number of amides is 1. The summed E-state index contributed by atoms with van der Waals surface area (Å²) in [4.78, 5) is 18.8. The number of nitrogens with one attached hydrogen (secondary N) is 1. The zero-order valence-electron chi connectivity index (χ0n) is 14.7. The minimum absolute atomic E-state index is 0.0127. The van der Waals surface area contributed by atoms with E-state index in [1.54, 1.807) is 0 Å². The number of carbonyl (C=O) groups is 1. The molecule has 2 heterocycles. The van der Waals surface area contributed by atoms with Crippen LogP contribution < -0.4 is 10.1 Å². The second-order valence-electron chi connectivity index (χ2n) is 6.47. The third-order valence-corrected chi connectivity index (χ3v) is 4.58. The molecule has 3 aromatic rings. The van der Waals surface area contributed by atoms with Crippen LogP contribution in [0, 0.1) is 6.92 Å². The predicted octanol–water partition coefficient (Wildman–Crippen LogP) is 3.38. The van der Waals surface area contributed by atoms with E-state index in [4.69, 9.17) is 4.74 Å². The van der Waals surface area contributed by atoms with Crippen molar-refractivity contribution in [3.8, 4) is 5.75 Å². The van der Waals surface area contributed by atoms with E-state index < -0.39 is 0 Å². The summed E-state index contributed by atoms with van der Waals surface area (Å²) in [6.07, 6.45) is 0. The molecule has 0 spiro atoms. The first kappa shape index (κ1) is 16.4. The summed E-state index contributed by atoms with van der Waals surface area (Å²) in [5.74, 6) is 0.811. The van der Waals surface area contributed by atoms with Crippen LogP contribution in [0.25, 0.3) is 10.9 Å². The highest BCUT2D eigenvalue weighted by Crippen LogP contribution is 2.24. The van der Waals surface area contributed by atoms with E-state index in [0.29, 0.717) is 19.6 Å². The van der Waals surface area contributed by atoms with Gasteiger partial charge < -0.3 is 15.0 Å². The molecule has 0 fully saturated rings. The van der Waals surface area contributed by atoms with Crippen LogP contribution in [0.15, 0.2) is 54.6 Å². The summed E-state index contributed by atoms with van der Waals surface area (Å²) in [5, 5.41) is 4.56. The fourth-order valence-electron chi connectivity index (χ4n) is 3.28. The molecule has 1 N–H and O–H groups in total. The summed E-state index contributed by atoms with van der Waals surface area (Å²) in [7, 11) is 0. The Kier molecular flexibility index (Phi) is 4.44. The molecule has 1 aromatic heterocycles. The molecule has 0 radical (unpaired) electrons. The summed E-state index contributed by atoms with van der Waals surface area (Å²) >= 11 is 0. The number of anilines is 1. The highest BCUT2D eigenvalue weighted by Gasteiger charge is 2.20. The van der Waals surface area contributed by atoms with Crippen LogP contribution in [0.3, 0.4) is 0 Å². The summed E-state index contributed by atoms with van der Waals surface area (Å²) < 4.78 is 5.61. The van der Waals surface area contributed by atoms with Gasteiger partial charge >= 0.3 is 0 Å². The average molecular weight is 347 g/mol. The summed E-state index contributed by atoms with van der Waals surface area (Å²) in [6.45, 7) is 3.94. The molecule has 0 unspecified atom stereocenters. The number of aromatic nitrogens is 1. The normalized spacial score (nSPS) is 13.9. The van der Waals surface area contributed by atoms with E-state index >= 15 is 0 Å². The molecular weight excluding hydrogens is 326 g/mol. The summed E-state index contributed by atoms with van der Waals surface area (Å²) in [5.41, 5.74) is 4.04. The van der Waals surface area contributed by atoms with Gasteiger partial charge in [-0.15, -0.1) is 0 Å². The lowest BCUT2D eigenvalue weighted by Crippen LogP contribution is -2.36. The molecule has 26 heavy (non-hydrogen) atoms. The first-order chi connectivity index (χ1) is 12.7. The first-order valence-corrected chi connectivity index (χ1v) is 8.79. The van der Waals surface area contributed by atoms with Crippen molar-refractivity contribution in [3.63, 3.8) is 0 Å². The monoisotopic (exact) mass is 347 g/mol. The highest BCUT2D eigenvalue weighted by atomic mass is 16.5. The molecule has 2 aromatic carbocycles. The lowest BCUT2D eigenvalue weighted by atomic mass is 10.1. The molecule has 0 bridgehead atoms. The largest absolute Gasteiger partial charge is 0.483 e. The molecule has 132 valence electrons. The van der Waals surface area contributed by atoms with Gasteiger partial charge in [0.2, 0.25) is 0 Å². The second-order valence-corrected chi connectivity index (χ2v) is 6.47. The Morgan fingerprint density at radius 2 is 1.96 bits per heavy atom. The van der Waals surface area contributed by atoms with E-state index in [9.17, 15) is 4.79 Å². The number of para-hydroxylation sites is 2. The molecule has 0 atom stereocenters. The van der Waals surface area contributed by atoms with E-state index in [0.717, 1.165) is 33.6 Å². The van der Waals surface area contributed by atoms with E-state index in [1.165, 1.54) is 0 Å². The van der Waals surface area contributed by atoms with Gasteiger partial charge in [-0.2, -0.15) is 0 Å². The molecule has 0 aliphatic carbocycles. The van der Waals surface area contributed by atoms with Crippen molar-refractivity contribution in [1.29, 1.82) is 0 Å². The number of benzene rings is 2. The van der Waals surface area contributed by atoms with Gasteiger partial charge in [-0.3, -0.25) is 9.78 Å². The number of hydrogen-bond donors (Lipinski definition) is 1. The Hall–Kier alpha value is -3.08. The van der Waals surface area contributed by atoms with Gasteiger partial charge in [0.05, 0.1) is 5.52 Å². The van der Waals surface area contributed by atoms with Gasteiger partial charge in [-0.1, -0.05) is 36.4 Å². The van der Waals surface area contributed by atoms with Crippen molar-refractivity contribution < 1.29 is 9.53 Å². The van der Waals surface area contributed by atoms with Crippen molar-refractivity contribution in [2.24, 2.45) is 0 Å². The molecule has 1 amide bonds. The van der Waals surface area contributed by atoms with Gasteiger partial charge in [-0.25, -0.2) is 0 Å². The Balaban J connectivity index is 1.47. The van der Waals surface area contributed by atoms with Crippen molar-refractivity contribution in [1.82, 2.24) is 9.88 Å². The highest BCUT2D eigenvalue weighted by molar-refractivity contribution is 5.91. The predicted molar refractivity (Wildman–Crippen MR) is 102 cm³/mol. The molecule has 1 aliphatic rings. The number of aryl methyl sites for hydroxylation is 1. The van der Waals surface area contributed by atoms with Gasteiger partial charge in [-0.05, 0) is 25.1 Å². The molecule has 5 heteroatoms. The van der Waals surface area contributed by atoms with E-state index in [1.807, 2.05) is 60.4 Å². The van der Waals surface area contributed by atoms with E-state index in [2.05, 4.69) is 16.4 Å². The second kappa shape index (κ2) is 7.04. The zero-order valence-corrected chi connectivity index (χ0v) is 14.7. The van der Waals surface area contributed by atoms with Gasteiger partial charge in [0.25, 0.3) is 5.91 Å². The van der Waals surface area contributed by atoms with Crippen LogP contribution >= 0.6 is 0 Å². The third kappa shape index (κ3) is 3.33. The minimum atomic E-state index is 0.0127. The lowest BCUT2D eigenvalue weighted by molar-refractivity contribution is -0.133. The van der Waals surface area contributed by atoms with Crippen LogP contribution in [0.2, 0.25) is 0 Å². The maximum atomic E-state index is 12.4. The Labute approximate surface area is 152 Å². The van der Waals surface area contributed by atoms with Crippen molar-refractivity contribution in [2.75, 3.05) is 25.0 Å². The quantitative estimate of drug-likeness (QED) is 0.786. The smallest absolute Gasteiger partial charge is 0.260 e. The van der Waals surface area contributed by atoms with Crippen LogP contribution in [-0.2, 0) is 11.3 Å². The van der Waals surface area contributed by atoms with Crippen molar-refractivity contribution >= 4 is 22.5 Å². The molecule has 0 saturated carbocycles. The fraction of sp³-hybridized carbons (Fsp3) is 0.238. The van der Waals surface area contributed by atoms with Crippen LogP contribution in [0.1, 0.15) is 11.3 Å². The van der Waals surface area contributed by atoms with Crippen LogP contribution in [0.4, 0.5) is 5.69 Å². The number of fused-ring (bicyclic) bond motifs is 2. The Morgan fingerprint density at radius 3 is 2.88 bits per heavy atom. The molecule has 0 saturated heterocycles. The maximum absolute atomic E-state index is 12.4. The fourth-order valence-corrected chi connectivity index (χ4v) is 3.28. The number of pyridine rings is 1. The van der Waals surface area contributed by atoms with E-state index in [-0.39, 0.29) is 12.5 Å².